The smallest absolute Gasteiger partial charge is 0.270 e. The monoisotopic (exact) mass is 368 g/mol. The number of carbonyl (C=O) groups excluding carboxylic acids is 1. The summed E-state index contributed by atoms with van der Waals surface area (Å²) in [5.41, 5.74) is 1.88. The molecule has 2 aromatic rings. The summed E-state index contributed by atoms with van der Waals surface area (Å²) < 4.78 is 27.3. The molecule has 1 amide bonds. The van der Waals surface area contributed by atoms with Crippen molar-refractivity contribution < 1.29 is 13.2 Å². The summed E-state index contributed by atoms with van der Waals surface area (Å²) in [5.74, 6) is -0.468. The Hall–Kier alpha value is -1.84. The topological polar surface area (TPSA) is 101 Å². The normalized spacial score (nSPS) is 13.0. The van der Waals surface area contributed by atoms with Crippen LogP contribution in [0.2, 0.25) is 0 Å². The molecule has 0 saturated carbocycles. The molecule has 2 rings (SSSR count). The van der Waals surface area contributed by atoms with Crippen LogP contribution < -0.4 is 10.0 Å². The van der Waals surface area contributed by atoms with Gasteiger partial charge < -0.3 is 5.32 Å². The van der Waals surface area contributed by atoms with E-state index in [0.29, 0.717) is 0 Å². The highest BCUT2D eigenvalue weighted by atomic mass is 32.2. The summed E-state index contributed by atoms with van der Waals surface area (Å²) in [6.45, 7) is 7.16. The molecule has 0 unspecified atom stereocenters. The number of nitrogens with one attached hydrogen (secondary N) is 2. The third-order valence-electron chi connectivity index (χ3n) is 3.38. The van der Waals surface area contributed by atoms with Crippen molar-refractivity contribution in [1.29, 1.82) is 0 Å². The molecule has 1 aromatic carbocycles. The molecule has 0 radical (unpaired) electrons. The number of anilines is 1. The van der Waals surface area contributed by atoms with E-state index in [2.05, 4.69) is 20.2 Å². The lowest BCUT2D eigenvalue weighted by atomic mass is 10.0. The molecule has 24 heavy (non-hydrogen) atoms. The third kappa shape index (κ3) is 4.37. The zero-order chi connectivity index (χ0) is 17.9. The Balaban J connectivity index is 2.15. The number of sulfonamides is 1. The highest BCUT2D eigenvalue weighted by Crippen LogP contribution is 2.23. The van der Waals surface area contributed by atoms with Crippen LogP contribution in [0.3, 0.4) is 0 Å². The first-order valence-electron chi connectivity index (χ1n) is 7.43. The molecule has 9 heteroatoms. The Morgan fingerprint density at radius 1 is 1.17 bits per heavy atom. The molecule has 0 saturated heterocycles. The number of hydrogen-bond acceptors (Lipinski definition) is 6. The van der Waals surface area contributed by atoms with Gasteiger partial charge in [-0.25, -0.2) is 13.1 Å². The highest BCUT2D eigenvalue weighted by molar-refractivity contribution is 7.91. The molecular weight excluding hydrogens is 348 g/mol. The van der Waals surface area contributed by atoms with Gasteiger partial charge in [0.05, 0.1) is 0 Å². The molecule has 1 atom stereocenters. The van der Waals surface area contributed by atoms with Gasteiger partial charge in [0, 0.05) is 12.0 Å². The van der Waals surface area contributed by atoms with Crippen LogP contribution in [0.15, 0.2) is 28.6 Å². The van der Waals surface area contributed by atoms with Crippen LogP contribution in [-0.4, -0.2) is 24.5 Å². The Labute approximate surface area is 145 Å². The number of aryl methyl sites for hydroxylation is 1. The molecule has 130 valence electrons. The first-order chi connectivity index (χ1) is 11.2. The summed E-state index contributed by atoms with van der Waals surface area (Å²) in [6, 6.07) is 7.14. The van der Waals surface area contributed by atoms with Gasteiger partial charge in [-0.05, 0) is 25.0 Å². The molecule has 7 nitrogen and oxygen atoms in total. The number of carbonyl (C=O) groups is 1. The van der Waals surface area contributed by atoms with Gasteiger partial charge in [0.25, 0.3) is 10.0 Å². The van der Waals surface area contributed by atoms with Crippen LogP contribution in [0.5, 0.6) is 0 Å². The van der Waals surface area contributed by atoms with Crippen molar-refractivity contribution >= 4 is 32.4 Å². The maximum absolute atomic E-state index is 12.4. The highest BCUT2D eigenvalue weighted by Gasteiger charge is 2.24. The minimum Gasteiger partial charge on any atom is -0.300 e. The predicted octanol–water partition coefficient (Wildman–Crippen LogP) is 2.48. The summed E-state index contributed by atoms with van der Waals surface area (Å²) in [6.07, 6.45) is 0. The average molecular weight is 368 g/mol. The zero-order valence-electron chi connectivity index (χ0n) is 13.9. The minimum absolute atomic E-state index is 0.164. The van der Waals surface area contributed by atoms with E-state index >= 15 is 0 Å². The number of hydrogen-bond donors (Lipinski definition) is 2. The Morgan fingerprint density at radius 2 is 1.83 bits per heavy atom. The quantitative estimate of drug-likeness (QED) is 0.763. The first-order valence-corrected chi connectivity index (χ1v) is 9.73. The van der Waals surface area contributed by atoms with E-state index in [9.17, 15) is 13.2 Å². The SMILES string of the molecule is Cc1ccccc1[C@@H](C)NS(=O)(=O)c1nnc(NC(=O)C(C)C)s1. The van der Waals surface area contributed by atoms with Crippen LogP contribution in [0.1, 0.15) is 37.9 Å². The maximum Gasteiger partial charge on any atom is 0.270 e. The van der Waals surface area contributed by atoms with Gasteiger partial charge in [-0.2, -0.15) is 0 Å². The Kier molecular flexibility index (Phi) is 5.68. The zero-order valence-corrected chi connectivity index (χ0v) is 15.5. The molecule has 0 spiro atoms. The van der Waals surface area contributed by atoms with Crippen LogP contribution in [0, 0.1) is 12.8 Å². The molecule has 1 aromatic heterocycles. The molecule has 0 fully saturated rings. The lowest BCUT2D eigenvalue weighted by Gasteiger charge is -2.15. The van der Waals surface area contributed by atoms with E-state index < -0.39 is 16.1 Å². The average Bonchev–Trinajstić information content (AvgIpc) is 2.96. The van der Waals surface area contributed by atoms with Gasteiger partial charge in [0.2, 0.25) is 15.4 Å². The van der Waals surface area contributed by atoms with Gasteiger partial charge in [0.1, 0.15) is 0 Å². The fraction of sp³-hybridized carbons (Fsp3) is 0.400. The van der Waals surface area contributed by atoms with Crippen molar-refractivity contribution in [3.8, 4) is 0 Å². The summed E-state index contributed by atoms with van der Waals surface area (Å²) in [5, 5.41) is 10.1. The van der Waals surface area contributed by atoms with Crippen LogP contribution >= 0.6 is 11.3 Å². The van der Waals surface area contributed by atoms with Gasteiger partial charge in [-0.1, -0.05) is 49.4 Å². The fourth-order valence-corrected chi connectivity index (χ4v) is 4.18. The second-order valence-corrected chi connectivity index (χ2v) is 8.58. The largest absolute Gasteiger partial charge is 0.300 e. The van der Waals surface area contributed by atoms with Crippen molar-refractivity contribution in [2.24, 2.45) is 5.92 Å². The maximum atomic E-state index is 12.4. The number of nitrogens with zero attached hydrogens (tertiary/aromatic N) is 2. The van der Waals surface area contributed by atoms with Gasteiger partial charge in [-0.3, -0.25) is 4.79 Å². The molecule has 0 aliphatic heterocycles. The first kappa shape index (κ1) is 18.5. The molecule has 0 aliphatic rings. The lowest BCUT2D eigenvalue weighted by molar-refractivity contribution is -0.118. The summed E-state index contributed by atoms with van der Waals surface area (Å²) in [7, 11) is -3.82. The summed E-state index contributed by atoms with van der Waals surface area (Å²) in [4.78, 5) is 11.6. The van der Waals surface area contributed by atoms with E-state index in [-0.39, 0.29) is 21.3 Å². The van der Waals surface area contributed by atoms with Crippen LogP contribution in [0.4, 0.5) is 5.13 Å². The number of rotatable bonds is 6. The Bertz CT molecular complexity index is 831. The van der Waals surface area contributed by atoms with Crippen LogP contribution in [0.25, 0.3) is 0 Å². The van der Waals surface area contributed by atoms with Gasteiger partial charge >= 0.3 is 0 Å². The van der Waals surface area contributed by atoms with Crippen molar-refractivity contribution in [2.45, 2.75) is 38.1 Å². The molecule has 2 N–H and O–H groups in total. The van der Waals surface area contributed by atoms with Crippen molar-refractivity contribution in [3.05, 3.63) is 35.4 Å². The van der Waals surface area contributed by atoms with E-state index in [1.54, 1.807) is 20.8 Å². The third-order valence-corrected chi connectivity index (χ3v) is 6.12. The van der Waals surface area contributed by atoms with Crippen LogP contribution in [-0.2, 0) is 14.8 Å². The van der Waals surface area contributed by atoms with Crippen molar-refractivity contribution in [2.75, 3.05) is 5.32 Å². The standard InChI is InChI=1S/C15H20N4O3S2/c1-9(2)13(20)16-14-17-18-15(23-14)24(21,22)19-11(4)12-8-6-5-7-10(12)3/h5-9,11,19H,1-4H3,(H,16,17,20)/t11-/m1/s1. The molecular formula is C15H20N4O3S2. The van der Waals surface area contributed by atoms with Crippen molar-refractivity contribution in [1.82, 2.24) is 14.9 Å². The number of amides is 1. The predicted molar refractivity (Wildman–Crippen MR) is 93.3 cm³/mol. The fourth-order valence-electron chi connectivity index (χ4n) is 2.04. The van der Waals surface area contributed by atoms with Gasteiger partial charge in [-0.15, -0.1) is 10.2 Å². The van der Waals surface area contributed by atoms with E-state index in [1.807, 2.05) is 31.2 Å². The molecule has 0 bridgehead atoms. The van der Waals surface area contributed by atoms with E-state index in [4.69, 9.17) is 0 Å². The summed E-state index contributed by atoms with van der Waals surface area (Å²) >= 11 is 0.822. The second kappa shape index (κ2) is 7.37. The van der Waals surface area contributed by atoms with E-state index in [0.717, 1.165) is 22.5 Å². The minimum atomic E-state index is -3.82. The number of benzene rings is 1. The second-order valence-electron chi connectivity index (χ2n) is 5.72. The number of aromatic nitrogens is 2. The Morgan fingerprint density at radius 3 is 2.46 bits per heavy atom. The molecule has 1 heterocycles. The lowest BCUT2D eigenvalue weighted by Crippen LogP contribution is -2.27. The van der Waals surface area contributed by atoms with Crippen molar-refractivity contribution in [3.63, 3.8) is 0 Å². The van der Waals surface area contributed by atoms with Gasteiger partial charge in [0.15, 0.2) is 0 Å². The molecule has 0 aliphatic carbocycles. The van der Waals surface area contributed by atoms with E-state index in [1.165, 1.54) is 0 Å².